The normalized spacial score (nSPS) is 12.5. The molecule has 0 aliphatic carbocycles. The molecule has 1 unspecified atom stereocenters. The lowest BCUT2D eigenvalue weighted by Gasteiger charge is -2.13. The van der Waals surface area contributed by atoms with E-state index in [1.807, 2.05) is 18.5 Å². The Bertz CT molecular complexity index is 271. The number of aryl methyl sites for hydroxylation is 1. The van der Waals surface area contributed by atoms with Gasteiger partial charge in [0.2, 0.25) is 0 Å². The van der Waals surface area contributed by atoms with Crippen molar-refractivity contribution in [1.82, 2.24) is 4.98 Å². The highest BCUT2D eigenvalue weighted by Gasteiger charge is 2.01. The lowest BCUT2D eigenvalue weighted by molar-refractivity contribution is 0.550. The Morgan fingerprint density at radius 1 is 1.50 bits per heavy atom. The van der Waals surface area contributed by atoms with Gasteiger partial charge in [0.05, 0.1) is 11.9 Å². The molecule has 0 fully saturated rings. The van der Waals surface area contributed by atoms with Crippen molar-refractivity contribution in [2.24, 2.45) is 5.92 Å². The number of anilines is 1. The zero-order valence-corrected chi connectivity index (χ0v) is 9.38. The average Bonchev–Trinajstić information content (AvgIpc) is 2.17. The first-order valence-corrected chi connectivity index (χ1v) is 5.38. The fourth-order valence-electron chi connectivity index (χ4n) is 1.53. The Hall–Kier alpha value is -1.05. The number of pyridine rings is 1. The second kappa shape index (κ2) is 5.63. The number of aromatic nitrogens is 1. The molecule has 14 heavy (non-hydrogen) atoms. The van der Waals surface area contributed by atoms with Crippen molar-refractivity contribution in [3.63, 3.8) is 0 Å². The van der Waals surface area contributed by atoms with E-state index in [1.165, 1.54) is 18.4 Å². The SMILES string of the molecule is CCCC(C)CNc1cnccc1C. The Labute approximate surface area is 86.8 Å². The van der Waals surface area contributed by atoms with E-state index >= 15 is 0 Å². The molecular formula is C12H20N2. The van der Waals surface area contributed by atoms with Gasteiger partial charge in [0.15, 0.2) is 0 Å². The highest BCUT2D eigenvalue weighted by Crippen LogP contribution is 2.13. The van der Waals surface area contributed by atoms with Gasteiger partial charge < -0.3 is 5.32 Å². The summed E-state index contributed by atoms with van der Waals surface area (Å²) in [6.07, 6.45) is 6.27. The molecule has 0 saturated heterocycles. The smallest absolute Gasteiger partial charge is 0.0556 e. The van der Waals surface area contributed by atoms with Crippen molar-refractivity contribution in [2.45, 2.75) is 33.6 Å². The Morgan fingerprint density at radius 2 is 2.29 bits per heavy atom. The van der Waals surface area contributed by atoms with Crippen molar-refractivity contribution < 1.29 is 0 Å². The maximum Gasteiger partial charge on any atom is 0.0556 e. The minimum atomic E-state index is 0.736. The molecule has 0 aliphatic heterocycles. The molecule has 0 bridgehead atoms. The van der Waals surface area contributed by atoms with Gasteiger partial charge in [-0.1, -0.05) is 20.3 Å². The van der Waals surface area contributed by atoms with E-state index in [9.17, 15) is 0 Å². The van der Waals surface area contributed by atoms with E-state index in [-0.39, 0.29) is 0 Å². The zero-order chi connectivity index (χ0) is 10.4. The van der Waals surface area contributed by atoms with Gasteiger partial charge in [-0.2, -0.15) is 0 Å². The summed E-state index contributed by atoms with van der Waals surface area (Å²) in [5, 5.41) is 3.44. The lowest BCUT2D eigenvalue weighted by atomic mass is 10.1. The summed E-state index contributed by atoms with van der Waals surface area (Å²) >= 11 is 0. The summed E-state index contributed by atoms with van der Waals surface area (Å²) in [7, 11) is 0. The first kappa shape index (κ1) is 11.0. The van der Waals surface area contributed by atoms with E-state index < -0.39 is 0 Å². The molecule has 1 heterocycles. The molecule has 1 aromatic heterocycles. The molecule has 78 valence electrons. The highest BCUT2D eigenvalue weighted by atomic mass is 14.9. The average molecular weight is 192 g/mol. The summed E-state index contributed by atoms with van der Waals surface area (Å²) in [5.74, 6) is 0.736. The molecule has 0 radical (unpaired) electrons. The molecule has 0 saturated carbocycles. The second-order valence-electron chi connectivity index (χ2n) is 3.97. The lowest BCUT2D eigenvalue weighted by Crippen LogP contribution is -2.11. The topological polar surface area (TPSA) is 24.9 Å². The van der Waals surface area contributed by atoms with E-state index in [2.05, 4.69) is 31.1 Å². The molecule has 0 aliphatic rings. The Balaban J connectivity index is 2.41. The molecule has 1 aromatic rings. The first-order valence-electron chi connectivity index (χ1n) is 5.38. The van der Waals surface area contributed by atoms with Gasteiger partial charge in [0, 0.05) is 12.7 Å². The molecular weight excluding hydrogens is 172 g/mol. The van der Waals surface area contributed by atoms with Crippen LogP contribution in [0.5, 0.6) is 0 Å². The van der Waals surface area contributed by atoms with E-state index in [1.54, 1.807) is 0 Å². The van der Waals surface area contributed by atoms with Gasteiger partial charge in [0.25, 0.3) is 0 Å². The number of nitrogens with zero attached hydrogens (tertiary/aromatic N) is 1. The van der Waals surface area contributed by atoms with Crippen LogP contribution in [0.25, 0.3) is 0 Å². The third-order valence-corrected chi connectivity index (χ3v) is 2.46. The number of nitrogens with one attached hydrogen (secondary N) is 1. The van der Waals surface area contributed by atoms with Crippen molar-refractivity contribution in [2.75, 3.05) is 11.9 Å². The summed E-state index contributed by atoms with van der Waals surface area (Å²) in [6.45, 7) is 7.66. The van der Waals surface area contributed by atoms with Crippen LogP contribution < -0.4 is 5.32 Å². The van der Waals surface area contributed by atoms with Gasteiger partial charge in [-0.3, -0.25) is 4.98 Å². The van der Waals surface area contributed by atoms with Crippen LogP contribution in [0, 0.1) is 12.8 Å². The van der Waals surface area contributed by atoms with Gasteiger partial charge in [-0.25, -0.2) is 0 Å². The molecule has 2 heteroatoms. The summed E-state index contributed by atoms with van der Waals surface area (Å²) in [4.78, 5) is 4.11. The minimum absolute atomic E-state index is 0.736. The highest BCUT2D eigenvalue weighted by molar-refractivity contribution is 5.47. The number of hydrogen-bond donors (Lipinski definition) is 1. The Kier molecular flexibility index (Phi) is 4.44. The Morgan fingerprint density at radius 3 is 2.93 bits per heavy atom. The molecule has 1 rings (SSSR count). The van der Waals surface area contributed by atoms with Crippen LogP contribution in [0.15, 0.2) is 18.5 Å². The summed E-state index contributed by atoms with van der Waals surface area (Å²) < 4.78 is 0. The van der Waals surface area contributed by atoms with Gasteiger partial charge in [0.1, 0.15) is 0 Å². The second-order valence-corrected chi connectivity index (χ2v) is 3.97. The monoisotopic (exact) mass is 192 g/mol. The van der Waals surface area contributed by atoms with E-state index in [0.717, 1.165) is 18.2 Å². The fraction of sp³-hybridized carbons (Fsp3) is 0.583. The van der Waals surface area contributed by atoms with Crippen LogP contribution in [-0.2, 0) is 0 Å². The molecule has 1 N–H and O–H groups in total. The molecule has 1 atom stereocenters. The number of hydrogen-bond acceptors (Lipinski definition) is 2. The fourth-order valence-corrected chi connectivity index (χ4v) is 1.53. The molecule has 0 amide bonds. The van der Waals surface area contributed by atoms with Crippen molar-refractivity contribution >= 4 is 5.69 Å². The molecule has 0 spiro atoms. The minimum Gasteiger partial charge on any atom is -0.383 e. The van der Waals surface area contributed by atoms with Gasteiger partial charge in [-0.15, -0.1) is 0 Å². The van der Waals surface area contributed by atoms with Gasteiger partial charge >= 0.3 is 0 Å². The van der Waals surface area contributed by atoms with Crippen molar-refractivity contribution in [1.29, 1.82) is 0 Å². The van der Waals surface area contributed by atoms with Crippen LogP contribution >= 0.6 is 0 Å². The van der Waals surface area contributed by atoms with Crippen molar-refractivity contribution in [3.8, 4) is 0 Å². The summed E-state index contributed by atoms with van der Waals surface area (Å²) in [6, 6.07) is 2.03. The largest absolute Gasteiger partial charge is 0.383 e. The third-order valence-electron chi connectivity index (χ3n) is 2.46. The predicted molar refractivity (Wildman–Crippen MR) is 61.5 cm³/mol. The maximum absolute atomic E-state index is 4.11. The van der Waals surface area contributed by atoms with Crippen molar-refractivity contribution in [3.05, 3.63) is 24.0 Å². The summed E-state index contributed by atoms with van der Waals surface area (Å²) in [5.41, 5.74) is 2.43. The standard InChI is InChI=1S/C12H20N2/c1-4-5-10(2)8-14-12-9-13-7-6-11(12)3/h6-7,9-10,14H,4-5,8H2,1-3H3. The zero-order valence-electron chi connectivity index (χ0n) is 9.38. The van der Waals surface area contributed by atoms with Crippen LogP contribution in [-0.4, -0.2) is 11.5 Å². The predicted octanol–water partition coefficient (Wildman–Crippen LogP) is 3.24. The number of rotatable bonds is 5. The van der Waals surface area contributed by atoms with Gasteiger partial charge in [-0.05, 0) is 30.9 Å². The molecule has 0 aromatic carbocycles. The van der Waals surface area contributed by atoms with E-state index in [0.29, 0.717) is 0 Å². The third kappa shape index (κ3) is 3.36. The van der Waals surface area contributed by atoms with Crippen LogP contribution in [0.1, 0.15) is 32.3 Å². The molecule has 2 nitrogen and oxygen atoms in total. The first-order chi connectivity index (χ1) is 6.74. The van der Waals surface area contributed by atoms with Crippen LogP contribution in [0.3, 0.4) is 0 Å². The quantitative estimate of drug-likeness (QED) is 0.774. The van der Waals surface area contributed by atoms with Crippen LogP contribution in [0.4, 0.5) is 5.69 Å². The van der Waals surface area contributed by atoms with E-state index in [4.69, 9.17) is 0 Å². The van der Waals surface area contributed by atoms with Crippen LogP contribution in [0.2, 0.25) is 0 Å². The maximum atomic E-state index is 4.11.